The van der Waals surface area contributed by atoms with Crippen molar-refractivity contribution in [3.05, 3.63) is 26.2 Å². The van der Waals surface area contributed by atoms with Gasteiger partial charge in [-0.1, -0.05) is 46.4 Å². The average Bonchev–Trinajstić information content (AvgIpc) is 2.08. The molecule has 0 fully saturated rings. The van der Waals surface area contributed by atoms with Crippen molar-refractivity contribution in [1.82, 2.24) is 0 Å². The Labute approximate surface area is 106 Å². The van der Waals surface area contributed by atoms with Gasteiger partial charge in [-0.15, -0.1) is 17.0 Å². The van der Waals surface area contributed by atoms with Crippen LogP contribution < -0.4 is 11.3 Å². The molecule has 3 N–H and O–H groups in total. The van der Waals surface area contributed by atoms with Crippen molar-refractivity contribution >= 4 is 69.1 Å². The molecule has 0 aliphatic heterocycles. The molecule has 0 heterocycles. The molecule has 0 saturated carbocycles. The first-order valence-electron chi connectivity index (χ1n) is 2.87. The maximum atomic E-state index is 5.75. The Bertz CT molecular complexity index is 318. The summed E-state index contributed by atoms with van der Waals surface area (Å²) in [5.41, 5.74) is 2.79. The summed E-state index contributed by atoms with van der Waals surface area (Å²) in [6.45, 7) is 0. The first-order valence-corrected chi connectivity index (χ1v) is 4.38. The first kappa shape index (κ1) is 13.6. The van der Waals surface area contributed by atoms with Crippen LogP contribution >= 0.6 is 63.4 Å². The van der Waals surface area contributed by atoms with Crippen LogP contribution in [0.15, 0.2) is 6.07 Å². The Morgan fingerprint density at radius 2 is 1.54 bits per heavy atom. The highest BCUT2D eigenvalue weighted by Crippen LogP contribution is 2.40. The molecule has 0 saturated heterocycles. The highest BCUT2D eigenvalue weighted by atomic mass is 79.9. The summed E-state index contributed by atoms with van der Waals surface area (Å²) < 4.78 is 0. The summed E-state index contributed by atoms with van der Waals surface area (Å²) in [7, 11) is 0. The second-order valence-corrected chi connectivity index (χ2v) is 3.53. The van der Waals surface area contributed by atoms with Crippen LogP contribution in [-0.2, 0) is 0 Å². The van der Waals surface area contributed by atoms with Gasteiger partial charge in [-0.3, -0.25) is 5.84 Å². The highest BCUT2D eigenvalue weighted by molar-refractivity contribution is 8.93. The molecule has 0 spiro atoms. The van der Waals surface area contributed by atoms with E-state index in [2.05, 4.69) is 5.43 Å². The normalized spacial score (nSPS) is 9.31. The van der Waals surface area contributed by atoms with Crippen LogP contribution in [0.4, 0.5) is 5.69 Å². The number of hydrazine groups is 1. The Morgan fingerprint density at radius 3 is 2.00 bits per heavy atom. The number of hydrogen-bond donors (Lipinski definition) is 2. The predicted molar refractivity (Wildman–Crippen MR) is 64.6 cm³/mol. The molecule has 1 aromatic carbocycles. The minimum absolute atomic E-state index is 0. The minimum atomic E-state index is 0. The van der Waals surface area contributed by atoms with E-state index in [1.807, 2.05) is 0 Å². The highest BCUT2D eigenvalue weighted by Gasteiger charge is 2.11. The molecule has 0 amide bonds. The van der Waals surface area contributed by atoms with Gasteiger partial charge in [0.1, 0.15) is 0 Å². The zero-order chi connectivity index (χ0) is 9.30. The van der Waals surface area contributed by atoms with Gasteiger partial charge in [0.25, 0.3) is 0 Å². The summed E-state index contributed by atoms with van der Waals surface area (Å²) in [6, 6.07) is 1.50. The second kappa shape index (κ2) is 5.49. The quantitative estimate of drug-likeness (QED) is 0.352. The molecule has 0 aromatic heterocycles. The third-order valence-electron chi connectivity index (χ3n) is 1.26. The molecule has 0 unspecified atom stereocenters. The third-order valence-corrected chi connectivity index (χ3v) is 3.01. The molecule has 0 aliphatic carbocycles. The Hall–Kier alpha value is 0.620. The summed E-state index contributed by atoms with van der Waals surface area (Å²) in [6.07, 6.45) is 0. The van der Waals surface area contributed by atoms with Crippen LogP contribution in [0.3, 0.4) is 0 Å². The van der Waals surface area contributed by atoms with E-state index < -0.39 is 0 Å². The summed E-state index contributed by atoms with van der Waals surface area (Å²) >= 11 is 22.9. The molecule has 0 bridgehead atoms. The van der Waals surface area contributed by atoms with Gasteiger partial charge in [0, 0.05) is 0 Å². The van der Waals surface area contributed by atoms with Gasteiger partial charge >= 0.3 is 0 Å². The zero-order valence-electron chi connectivity index (χ0n) is 6.07. The van der Waals surface area contributed by atoms with Crippen molar-refractivity contribution < 1.29 is 0 Å². The molecule has 1 rings (SSSR count). The van der Waals surface area contributed by atoms with Crippen LogP contribution in [-0.4, -0.2) is 0 Å². The fraction of sp³-hybridized carbons (Fsp3) is 0. The topological polar surface area (TPSA) is 38.0 Å². The molecule has 74 valence electrons. The second-order valence-electron chi connectivity index (χ2n) is 1.99. The van der Waals surface area contributed by atoms with Crippen molar-refractivity contribution in [3.63, 3.8) is 0 Å². The number of hydrogen-bond acceptors (Lipinski definition) is 2. The van der Waals surface area contributed by atoms with Crippen molar-refractivity contribution in [2.75, 3.05) is 5.43 Å². The van der Waals surface area contributed by atoms with E-state index in [4.69, 9.17) is 52.2 Å². The number of anilines is 1. The molecule has 1 aromatic rings. The van der Waals surface area contributed by atoms with Gasteiger partial charge in [0.15, 0.2) is 0 Å². The van der Waals surface area contributed by atoms with Gasteiger partial charge in [0.05, 0.1) is 25.8 Å². The lowest BCUT2D eigenvalue weighted by molar-refractivity contribution is 1.35. The molecule has 2 nitrogen and oxygen atoms in total. The SMILES string of the molecule is Br.NNc1cc(Cl)c(Cl)c(Cl)c1Cl. The molecule has 7 heteroatoms. The van der Waals surface area contributed by atoms with Gasteiger partial charge in [0.2, 0.25) is 0 Å². The van der Waals surface area contributed by atoms with Gasteiger partial charge in [-0.05, 0) is 6.07 Å². The number of nitrogens with one attached hydrogen (secondary N) is 1. The summed E-state index contributed by atoms with van der Waals surface area (Å²) in [5.74, 6) is 5.14. The van der Waals surface area contributed by atoms with Crippen molar-refractivity contribution in [1.29, 1.82) is 0 Å². The number of nitrogen functional groups attached to an aromatic ring is 1. The number of nitrogens with two attached hydrogens (primary N) is 1. The number of halogens is 5. The average molecular weight is 327 g/mol. The molecular formula is C6H5BrCl4N2. The monoisotopic (exact) mass is 324 g/mol. The fourth-order valence-electron chi connectivity index (χ4n) is 0.678. The van der Waals surface area contributed by atoms with Crippen LogP contribution in [0.5, 0.6) is 0 Å². The van der Waals surface area contributed by atoms with Gasteiger partial charge in [-0.25, -0.2) is 0 Å². The molecular weight excluding hydrogens is 322 g/mol. The van der Waals surface area contributed by atoms with Crippen molar-refractivity contribution in [2.45, 2.75) is 0 Å². The minimum Gasteiger partial charge on any atom is -0.323 e. The summed E-state index contributed by atoms with van der Waals surface area (Å²) in [4.78, 5) is 0. The first-order chi connectivity index (χ1) is 5.57. The molecule has 0 atom stereocenters. The lowest BCUT2D eigenvalue weighted by atomic mass is 10.3. The van der Waals surface area contributed by atoms with Gasteiger partial charge < -0.3 is 5.43 Å². The summed E-state index contributed by atoms with van der Waals surface area (Å²) in [5, 5.41) is 0.980. The fourth-order valence-corrected chi connectivity index (χ4v) is 1.53. The smallest absolute Gasteiger partial charge is 0.0853 e. The lowest BCUT2D eigenvalue weighted by Gasteiger charge is -2.07. The van der Waals surface area contributed by atoms with Crippen LogP contribution in [0.2, 0.25) is 20.1 Å². The number of rotatable bonds is 1. The third kappa shape index (κ3) is 2.78. The van der Waals surface area contributed by atoms with E-state index in [1.165, 1.54) is 6.07 Å². The maximum Gasteiger partial charge on any atom is 0.0853 e. The Kier molecular flexibility index (Phi) is 5.75. The van der Waals surface area contributed by atoms with Crippen LogP contribution in [0.25, 0.3) is 0 Å². The molecule has 0 aliphatic rings. The van der Waals surface area contributed by atoms with E-state index in [0.29, 0.717) is 10.7 Å². The van der Waals surface area contributed by atoms with E-state index >= 15 is 0 Å². The number of benzene rings is 1. The zero-order valence-corrected chi connectivity index (χ0v) is 10.8. The molecule has 13 heavy (non-hydrogen) atoms. The van der Waals surface area contributed by atoms with E-state index in [0.717, 1.165) is 0 Å². The Balaban J connectivity index is 0.00000144. The largest absolute Gasteiger partial charge is 0.323 e. The lowest BCUT2D eigenvalue weighted by Crippen LogP contribution is -2.07. The van der Waals surface area contributed by atoms with Gasteiger partial charge in [-0.2, -0.15) is 0 Å². The van der Waals surface area contributed by atoms with Crippen molar-refractivity contribution in [2.24, 2.45) is 5.84 Å². The predicted octanol–water partition coefficient (Wildman–Crippen LogP) is 4.16. The molecule has 0 radical (unpaired) electrons. The van der Waals surface area contributed by atoms with Crippen LogP contribution in [0.1, 0.15) is 0 Å². The maximum absolute atomic E-state index is 5.75. The standard InChI is InChI=1S/C6H4Cl4N2.BrH/c7-2-1-3(12-11)5(9)6(10)4(2)8;/h1,12H,11H2;1H. The van der Waals surface area contributed by atoms with Crippen molar-refractivity contribution in [3.8, 4) is 0 Å². The van der Waals surface area contributed by atoms with E-state index in [9.17, 15) is 0 Å². The van der Waals surface area contributed by atoms with E-state index in [1.54, 1.807) is 0 Å². The van der Waals surface area contributed by atoms with Crippen LogP contribution in [0, 0.1) is 0 Å². The van der Waals surface area contributed by atoms with E-state index in [-0.39, 0.29) is 32.0 Å². The Morgan fingerprint density at radius 1 is 1.00 bits per heavy atom.